The Morgan fingerprint density at radius 2 is 0.955 bits per heavy atom. The summed E-state index contributed by atoms with van der Waals surface area (Å²) in [5.41, 5.74) is 13.2. The summed E-state index contributed by atoms with van der Waals surface area (Å²) in [5, 5.41) is 7.96. The van der Waals surface area contributed by atoms with Gasteiger partial charge in [0, 0.05) is 27.6 Å². The summed E-state index contributed by atoms with van der Waals surface area (Å²) in [6.45, 7) is 0. The van der Waals surface area contributed by atoms with E-state index in [9.17, 15) is 14.4 Å². The van der Waals surface area contributed by atoms with Crippen molar-refractivity contribution in [2.45, 2.75) is 0 Å². The number of thioether (sulfide) groups is 3. The molecule has 3 amide bonds. The quantitative estimate of drug-likeness (QED) is 0.117. The van der Waals surface area contributed by atoms with E-state index in [1.165, 1.54) is 35.3 Å². The van der Waals surface area contributed by atoms with Gasteiger partial charge in [-0.05, 0) is 202 Å². The Labute approximate surface area is 526 Å². The number of aromatic nitrogens is 3. The molecule has 0 atom stereocenters. The standard InChI is InChI=1S/C71H45N9O3S5/c1-77-59-30-28-44(32-50(59)42-73-77)36-62-68(83)80(70(86-62)75-52-20-8-3-9-21-52)56-27-15-17-48(40-56)61-41-49-33-46(38-64-67(82)78(54-23-10-4-11-24-54)69(88-64)74-51-18-6-2-7-19-51)34-57(65(49)85-61)47-16-14-22-53(39-47)76-71-79(55-25-12-5-13-26-55)66(81)63(87-71)37-45-29-31-60-58(35-45)72-43-84-60/h2-43H,1H3/b62-36-,63-37-,64-38-,74-69-,75-70-,76-71-. The number of carbonyl (C=O) groups excluding carboxylic acids is 3. The number of amides is 3. The number of fused-ring (bicyclic) bond motifs is 3. The number of aryl methyl sites for hydroxylation is 1. The molecule has 12 nitrogen and oxygen atoms in total. The zero-order valence-electron chi connectivity index (χ0n) is 46.5. The van der Waals surface area contributed by atoms with Gasteiger partial charge in [-0.25, -0.2) is 20.0 Å². The van der Waals surface area contributed by atoms with Crippen molar-refractivity contribution in [1.29, 1.82) is 0 Å². The van der Waals surface area contributed by atoms with Gasteiger partial charge in [-0.1, -0.05) is 109 Å². The van der Waals surface area contributed by atoms with E-state index >= 15 is 0 Å². The number of amidine groups is 3. The van der Waals surface area contributed by atoms with E-state index in [0.717, 1.165) is 80.8 Å². The van der Waals surface area contributed by atoms with Crippen LogP contribution in [0.2, 0.25) is 0 Å². The van der Waals surface area contributed by atoms with Crippen LogP contribution in [0.5, 0.6) is 0 Å². The molecule has 0 radical (unpaired) electrons. The molecule has 0 saturated carbocycles. The van der Waals surface area contributed by atoms with Crippen LogP contribution in [0, 0.1) is 0 Å². The van der Waals surface area contributed by atoms with Crippen molar-refractivity contribution >= 4 is 175 Å². The number of para-hydroxylation sites is 4. The maximum Gasteiger partial charge on any atom is 0.271 e. The number of rotatable bonds is 11. The fraction of sp³-hybridized carbons (Fsp3) is 0.0141. The van der Waals surface area contributed by atoms with Crippen molar-refractivity contribution in [3.05, 3.63) is 268 Å². The second kappa shape index (κ2) is 23.3. The predicted molar refractivity (Wildman–Crippen MR) is 369 cm³/mol. The lowest BCUT2D eigenvalue weighted by molar-refractivity contribution is -0.114. The van der Waals surface area contributed by atoms with E-state index < -0.39 is 0 Å². The van der Waals surface area contributed by atoms with E-state index in [-0.39, 0.29) is 17.7 Å². The molecule has 17 heteroatoms. The Bertz CT molecular complexity index is 4990. The molecule has 3 saturated heterocycles. The SMILES string of the molecule is Cn1ncc2cc(/C=C3\S/C(=N\c4ccccc4)N(c4cccc(-c5cc6cc(/C=C7\S/C(=N\c8ccccc8)N(c8ccccc8)C7=O)cc(-c7cccc(/N=C8\S/C(=C\c9ccc%10scnc%10c9)C(=O)N8c8ccccc8)c7)c6s5)c4)C3=O)ccc21. The second-order valence-electron chi connectivity index (χ2n) is 20.6. The zero-order chi connectivity index (χ0) is 59.2. The minimum atomic E-state index is -0.186. The van der Waals surface area contributed by atoms with Gasteiger partial charge in [0.05, 0.1) is 76.3 Å². The largest absolute Gasteiger partial charge is 0.271 e. The van der Waals surface area contributed by atoms with Crippen molar-refractivity contribution in [1.82, 2.24) is 14.8 Å². The molecule has 3 fully saturated rings. The van der Waals surface area contributed by atoms with Crippen molar-refractivity contribution in [2.75, 3.05) is 14.7 Å². The molecule has 0 spiro atoms. The van der Waals surface area contributed by atoms with Crippen LogP contribution >= 0.6 is 58.0 Å². The highest BCUT2D eigenvalue weighted by Gasteiger charge is 2.38. The molecule has 0 bridgehead atoms. The van der Waals surface area contributed by atoms with Gasteiger partial charge in [-0.2, -0.15) is 5.10 Å². The van der Waals surface area contributed by atoms with Crippen LogP contribution in [0.3, 0.4) is 0 Å². The van der Waals surface area contributed by atoms with Gasteiger partial charge in [-0.3, -0.25) is 33.8 Å². The minimum absolute atomic E-state index is 0.173. The molecule has 3 aliphatic heterocycles. The van der Waals surface area contributed by atoms with Crippen LogP contribution in [-0.4, -0.2) is 48.0 Å². The average molecular weight is 1230 g/mol. The van der Waals surface area contributed by atoms with Gasteiger partial charge >= 0.3 is 0 Å². The Morgan fingerprint density at radius 3 is 1.59 bits per heavy atom. The Balaban J connectivity index is 0.838. The third-order valence-electron chi connectivity index (χ3n) is 14.8. The number of nitrogens with zero attached hydrogens (tertiary/aromatic N) is 9. The maximum absolute atomic E-state index is 14.8. The van der Waals surface area contributed by atoms with Crippen molar-refractivity contribution < 1.29 is 14.4 Å². The van der Waals surface area contributed by atoms with Gasteiger partial charge in [0.2, 0.25) is 0 Å². The fourth-order valence-electron chi connectivity index (χ4n) is 10.7. The summed E-state index contributed by atoms with van der Waals surface area (Å²) in [7, 11) is 1.91. The number of anilines is 3. The first kappa shape index (κ1) is 54.6. The molecular weight excluding hydrogens is 1190 g/mol. The van der Waals surface area contributed by atoms with Crippen LogP contribution in [0.1, 0.15) is 16.7 Å². The number of carbonyl (C=O) groups is 3. The van der Waals surface area contributed by atoms with Crippen LogP contribution in [-0.2, 0) is 21.4 Å². The molecule has 3 aromatic heterocycles. The molecule has 0 N–H and O–H groups in total. The molecule has 15 rings (SSSR count). The average Bonchev–Trinajstić information content (AvgIpc) is 2.92. The fourth-order valence-corrected chi connectivity index (χ4v) is 15.5. The van der Waals surface area contributed by atoms with Gasteiger partial charge in [0.25, 0.3) is 17.7 Å². The van der Waals surface area contributed by atoms with Crippen LogP contribution in [0.15, 0.2) is 266 Å². The number of thiophene rings is 1. The molecule has 12 aromatic rings. The van der Waals surface area contributed by atoms with E-state index in [1.807, 2.05) is 236 Å². The number of hydrogen-bond donors (Lipinski definition) is 0. The Kier molecular flexibility index (Phi) is 14.5. The highest BCUT2D eigenvalue weighted by molar-refractivity contribution is 8.20. The van der Waals surface area contributed by atoms with E-state index in [4.69, 9.17) is 15.0 Å². The summed E-state index contributed by atoms with van der Waals surface area (Å²) in [4.78, 5) is 71.5. The first-order valence-corrected chi connectivity index (χ1v) is 32.1. The highest BCUT2D eigenvalue weighted by Crippen LogP contribution is 2.46. The molecule has 9 aromatic carbocycles. The van der Waals surface area contributed by atoms with E-state index in [1.54, 1.807) is 37.4 Å². The third kappa shape index (κ3) is 10.8. The smallest absolute Gasteiger partial charge is 0.268 e. The molecule has 0 unspecified atom stereocenters. The molecule has 422 valence electrons. The van der Waals surface area contributed by atoms with Crippen molar-refractivity contribution in [3.8, 4) is 21.6 Å². The molecule has 88 heavy (non-hydrogen) atoms. The normalized spacial score (nSPS) is 17.4. The van der Waals surface area contributed by atoms with Gasteiger partial charge in [-0.15, -0.1) is 22.7 Å². The lowest BCUT2D eigenvalue weighted by Crippen LogP contribution is -2.28. The van der Waals surface area contributed by atoms with Crippen molar-refractivity contribution in [3.63, 3.8) is 0 Å². The lowest BCUT2D eigenvalue weighted by Gasteiger charge is -2.16. The van der Waals surface area contributed by atoms with Crippen LogP contribution in [0.25, 0.3) is 71.0 Å². The maximum atomic E-state index is 14.8. The topological polar surface area (TPSA) is 129 Å². The summed E-state index contributed by atoms with van der Waals surface area (Å²) in [6, 6.07) is 73.1. The third-order valence-corrected chi connectivity index (χ3v) is 19.8. The number of benzene rings is 9. The van der Waals surface area contributed by atoms with Crippen LogP contribution < -0.4 is 14.7 Å². The summed E-state index contributed by atoms with van der Waals surface area (Å²) in [5.74, 6) is -0.542. The Hall–Kier alpha value is -10.0. The summed E-state index contributed by atoms with van der Waals surface area (Å²) >= 11 is 7.23. The molecule has 3 aliphatic rings. The second-order valence-corrected chi connectivity index (χ2v) is 25.6. The van der Waals surface area contributed by atoms with Crippen LogP contribution in [0.4, 0.5) is 34.1 Å². The number of thiazole rings is 1. The zero-order valence-corrected chi connectivity index (χ0v) is 50.6. The monoisotopic (exact) mass is 1230 g/mol. The molecular formula is C71H45N9O3S5. The van der Waals surface area contributed by atoms with Crippen molar-refractivity contribution in [2.24, 2.45) is 22.0 Å². The summed E-state index contributed by atoms with van der Waals surface area (Å²) in [6.07, 6.45) is 7.60. The minimum Gasteiger partial charge on any atom is -0.268 e. The summed E-state index contributed by atoms with van der Waals surface area (Å²) < 4.78 is 3.91. The number of aliphatic imine (C=N–C) groups is 3. The highest BCUT2D eigenvalue weighted by atomic mass is 32.2. The van der Waals surface area contributed by atoms with E-state index in [0.29, 0.717) is 53.0 Å². The predicted octanol–water partition coefficient (Wildman–Crippen LogP) is 18.2. The first-order chi connectivity index (χ1) is 43.2. The first-order valence-electron chi connectivity index (χ1n) is 27.9. The van der Waals surface area contributed by atoms with Gasteiger partial charge in [0.1, 0.15) is 0 Å². The molecule has 6 heterocycles. The van der Waals surface area contributed by atoms with E-state index in [2.05, 4.69) is 40.4 Å². The number of hydrogen-bond acceptors (Lipinski definition) is 13. The molecule has 0 aliphatic carbocycles. The van der Waals surface area contributed by atoms with Gasteiger partial charge < -0.3 is 0 Å². The van der Waals surface area contributed by atoms with Gasteiger partial charge in [0.15, 0.2) is 15.5 Å². The Morgan fingerprint density at radius 1 is 0.443 bits per heavy atom. The lowest BCUT2D eigenvalue weighted by atomic mass is 9.99.